The highest BCUT2D eigenvalue weighted by Gasteiger charge is 2.17. The van der Waals surface area contributed by atoms with Crippen molar-refractivity contribution in [2.45, 2.75) is 39.3 Å². The van der Waals surface area contributed by atoms with Crippen LogP contribution in [0.2, 0.25) is 0 Å². The highest BCUT2D eigenvalue weighted by Crippen LogP contribution is 2.18. The van der Waals surface area contributed by atoms with Crippen molar-refractivity contribution in [1.29, 1.82) is 0 Å². The second-order valence-electron chi connectivity index (χ2n) is 6.78. The summed E-state index contributed by atoms with van der Waals surface area (Å²) in [5.41, 5.74) is 4.94. The lowest BCUT2D eigenvalue weighted by Gasteiger charge is -2.11. The van der Waals surface area contributed by atoms with Gasteiger partial charge in [0.2, 0.25) is 5.16 Å². The molecule has 0 unspecified atom stereocenters. The number of hydrogen-bond acceptors (Lipinski definition) is 7. The van der Waals surface area contributed by atoms with Crippen molar-refractivity contribution < 1.29 is 14.3 Å². The number of carbonyl (C=O) groups is 2. The zero-order valence-corrected chi connectivity index (χ0v) is 17.9. The predicted molar refractivity (Wildman–Crippen MR) is 111 cm³/mol. The summed E-state index contributed by atoms with van der Waals surface area (Å²) in [5, 5.41) is 7.74. The van der Waals surface area contributed by atoms with Gasteiger partial charge < -0.3 is 10.1 Å². The molecule has 0 saturated heterocycles. The maximum absolute atomic E-state index is 12.3. The number of carbonyl (C=O) groups excluding carboxylic acids is 2. The third kappa shape index (κ3) is 4.73. The van der Waals surface area contributed by atoms with E-state index in [0.717, 1.165) is 22.4 Å². The average molecular weight is 414 g/mol. The number of benzene rings is 1. The summed E-state index contributed by atoms with van der Waals surface area (Å²) in [6, 6.07) is 5.72. The van der Waals surface area contributed by atoms with Crippen LogP contribution in [0.25, 0.3) is 5.78 Å². The summed E-state index contributed by atoms with van der Waals surface area (Å²) in [4.78, 5) is 33.2. The molecule has 0 atom stereocenters. The molecule has 2 aromatic heterocycles. The number of amides is 1. The Hall–Kier alpha value is -2.94. The first-order valence-corrected chi connectivity index (χ1v) is 10.3. The average Bonchev–Trinajstić information content (AvgIpc) is 3.09. The molecule has 9 heteroatoms. The van der Waals surface area contributed by atoms with E-state index in [1.807, 2.05) is 52.1 Å². The SMILES string of the molecule is CSc1nc2nc(C)c(CC(=O)OCC(=O)Nc3ccc(C)cc3C)c(C)n2n1. The minimum atomic E-state index is -0.502. The molecule has 0 fully saturated rings. The summed E-state index contributed by atoms with van der Waals surface area (Å²) >= 11 is 1.42. The first-order chi connectivity index (χ1) is 13.8. The van der Waals surface area contributed by atoms with Crippen LogP contribution in [0.4, 0.5) is 5.69 Å². The van der Waals surface area contributed by atoms with Gasteiger partial charge in [-0.15, -0.1) is 5.10 Å². The summed E-state index contributed by atoms with van der Waals surface area (Å²) < 4.78 is 6.78. The summed E-state index contributed by atoms with van der Waals surface area (Å²) in [5.74, 6) is -0.388. The molecule has 3 aromatic rings. The van der Waals surface area contributed by atoms with E-state index in [1.54, 1.807) is 4.52 Å². The molecule has 1 N–H and O–H groups in total. The summed E-state index contributed by atoms with van der Waals surface area (Å²) in [6.45, 7) is 7.22. The van der Waals surface area contributed by atoms with Crippen LogP contribution in [0, 0.1) is 27.7 Å². The maximum Gasteiger partial charge on any atom is 0.310 e. The lowest BCUT2D eigenvalue weighted by molar-refractivity contribution is -0.146. The number of rotatable bonds is 6. The Bertz CT molecular complexity index is 1090. The number of nitrogens with zero attached hydrogens (tertiary/aromatic N) is 4. The molecular weight excluding hydrogens is 390 g/mol. The van der Waals surface area contributed by atoms with Gasteiger partial charge in [-0.2, -0.15) is 4.98 Å². The number of nitrogens with one attached hydrogen (secondary N) is 1. The smallest absolute Gasteiger partial charge is 0.310 e. The molecule has 2 heterocycles. The van der Waals surface area contributed by atoms with Crippen LogP contribution < -0.4 is 5.32 Å². The van der Waals surface area contributed by atoms with Gasteiger partial charge in [0.15, 0.2) is 6.61 Å². The zero-order chi connectivity index (χ0) is 21.1. The number of aryl methyl sites for hydroxylation is 4. The first-order valence-electron chi connectivity index (χ1n) is 9.08. The molecule has 8 nitrogen and oxygen atoms in total. The fourth-order valence-electron chi connectivity index (χ4n) is 3.01. The number of esters is 1. The Morgan fingerprint density at radius 3 is 2.62 bits per heavy atom. The third-order valence-corrected chi connectivity index (χ3v) is 5.09. The molecule has 1 amide bonds. The molecule has 3 rings (SSSR count). The zero-order valence-electron chi connectivity index (χ0n) is 17.1. The molecule has 0 aliphatic heterocycles. The fraction of sp³-hybridized carbons (Fsp3) is 0.350. The van der Waals surface area contributed by atoms with E-state index in [-0.39, 0.29) is 18.9 Å². The number of ether oxygens (including phenoxy) is 1. The van der Waals surface area contributed by atoms with E-state index in [1.165, 1.54) is 11.8 Å². The molecular formula is C20H23N5O3S. The van der Waals surface area contributed by atoms with Gasteiger partial charge in [-0.25, -0.2) is 9.50 Å². The summed E-state index contributed by atoms with van der Waals surface area (Å²) in [6.07, 6.45) is 1.89. The molecule has 0 radical (unpaired) electrons. The van der Waals surface area contributed by atoms with Gasteiger partial charge in [-0.05, 0) is 45.6 Å². The van der Waals surface area contributed by atoms with E-state index >= 15 is 0 Å². The topological polar surface area (TPSA) is 98.5 Å². The monoisotopic (exact) mass is 413 g/mol. The van der Waals surface area contributed by atoms with Crippen LogP contribution in [-0.4, -0.2) is 44.3 Å². The normalized spacial score (nSPS) is 10.9. The summed E-state index contributed by atoms with van der Waals surface area (Å²) in [7, 11) is 0. The van der Waals surface area contributed by atoms with Gasteiger partial charge in [0.05, 0.1) is 6.42 Å². The van der Waals surface area contributed by atoms with Crippen molar-refractivity contribution in [2.24, 2.45) is 0 Å². The van der Waals surface area contributed by atoms with Crippen LogP contribution >= 0.6 is 11.8 Å². The van der Waals surface area contributed by atoms with Gasteiger partial charge in [0.1, 0.15) is 0 Å². The van der Waals surface area contributed by atoms with Gasteiger partial charge in [-0.1, -0.05) is 29.5 Å². The number of fused-ring (bicyclic) bond motifs is 1. The Morgan fingerprint density at radius 2 is 1.93 bits per heavy atom. The molecule has 0 saturated carbocycles. The molecule has 29 heavy (non-hydrogen) atoms. The van der Waals surface area contributed by atoms with Crippen molar-refractivity contribution in [3.63, 3.8) is 0 Å². The van der Waals surface area contributed by atoms with Crippen molar-refractivity contribution >= 4 is 35.1 Å². The minimum absolute atomic E-state index is 0.00586. The second-order valence-corrected chi connectivity index (χ2v) is 7.55. The van der Waals surface area contributed by atoms with Crippen LogP contribution in [-0.2, 0) is 20.7 Å². The van der Waals surface area contributed by atoms with Crippen molar-refractivity contribution in [3.8, 4) is 0 Å². The van der Waals surface area contributed by atoms with E-state index in [2.05, 4.69) is 20.4 Å². The molecule has 0 spiro atoms. The van der Waals surface area contributed by atoms with E-state index < -0.39 is 5.97 Å². The first kappa shape index (κ1) is 20.8. The maximum atomic E-state index is 12.3. The van der Waals surface area contributed by atoms with Crippen LogP contribution in [0.15, 0.2) is 23.4 Å². The minimum Gasteiger partial charge on any atom is -0.455 e. The lowest BCUT2D eigenvalue weighted by atomic mass is 10.1. The van der Waals surface area contributed by atoms with Crippen molar-refractivity contribution in [1.82, 2.24) is 19.6 Å². The quantitative estimate of drug-likeness (QED) is 0.490. The van der Waals surface area contributed by atoms with Gasteiger partial charge >= 0.3 is 5.97 Å². The van der Waals surface area contributed by atoms with Gasteiger partial charge in [-0.3, -0.25) is 9.59 Å². The van der Waals surface area contributed by atoms with Gasteiger partial charge in [0.25, 0.3) is 11.7 Å². The number of hydrogen-bond donors (Lipinski definition) is 1. The van der Waals surface area contributed by atoms with Crippen LogP contribution in [0.3, 0.4) is 0 Å². The van der Waals surface area contributed by atoms with Gasteiger partial charge in [0, 0.05) is 22.6 Å². The fourth-order valence-corrected chi connectivity index (χ4v) is 3.35. The molecule has 152 valence electrons. The molecule has 0 aliphatic carbocycles. The highest BCUT2D eigenvalue weighted by atomic mass is 32.2. The molecule has 0 aliphatic rings. The number of anilines is 1. The predicted octanol–water partition coefficient (Wildman–Crippen LogP) is 2.80. The Balaban J connectivity index is 1.64. The highest BCUT2D eigenvalue weighted by molar-refractivity contribution is 7.98. The van der Waals surface area contributed by atoms with Crippen molar-refractivity contribution in [2.75, 3.05) is 18.2 Å². The Morgan fingerprint density at radius 1 is 1.17 bits per heavy atom. The van der Waals surface area contributed by atoms with Crippen LogP contribution in [0.5, 0.6) is 0 Å². The molecule has 0 bridgehead atoms. The molecule has 1 aromatic carbocycles. The van der Waals surface area contributed by atoms with Crippen LogP contribution in [0.1, 0.15) is 28.1 Å². The van der Waals surface area contributed by atoms with Crippen molar-refractivity contribution in [3.05, 3.63) is 46.3 Å². The standard InChI is InChI=1S/C20H23N5O3S/c1-11-6-7-16(12(2)8-11)22-17(26)10-28-18(27)9-15-13(3)21-19-23-20(29-5)24-25(19)14(15)4/h6-8H,9-10H2,1-5H3,(H,22,26). The Labute approximate surface area is 173 Å². The second kappa shape index (κ2) is 8.60. The number of thioether (sulfide) groups is 1. The van der Waals surface area contributed by atoms with E-state index in [4.69, 9.17) is 4.74 Å². The van der Waals surface area contributed by atoms with E-state index in [0.29, 0.717) is 22.3 Å². The third-order valence-electron chi connectivity index (χ3n) is 4.55. The largest absolute Gasteiger partial charge is 0.455 e. The lowest BCUT2D eigenvalue weighted by Crippen LogP contribution is -2.22. The Kier molecular flexibility index (Phi) is 6.17. The van der Waals surface area contributed by atoms with E-state index in [9.17, 15) is 9.59 Å². The number of aromatic nitrogens is 4.